The summed E-state index contributed by atoms with van der Waals surface area (Å²) in [4.78, 5) is 23.7. The monoisotopic (exact) mass is 363 g/mol. The summed E-state index contributed by atoms with van der Waals surface area (Å²) in [6, 6.07) is 7.13. The first kappa shape index (κ1) is 20.1. The van der Waals surface area contributed by atoms with E-state index in [-0.39, 0.29) is 25.2 Å². The molecule has 6 nitrogen and oxygen atoms in total. The zero-order valence-corrected chi connectivity index (χ0v) is 15.8. The molecule has 0 saturated heterocycles. The maximum atomic E-state index is 12.0. The second kappa shape index (κ2) is 10.0. The molecule has 1 N–H and O–H groups in total. The van der Waals surface area contributed by atoms with E-state index in [2.05, 4.69) is 19.2 Å². The molecule has 1 aromatic carbocycles. The van der Waals surface area contributed by atoms with E-state index in [4.69, 9.17) is 14.2 Å². The quantitative estimate of drug-likeness (QED) is 0.719. The fraction of sp³-hybridized carbons (Fsp3) is 0.600. The van der Waals surface area contributed by atoms with Crippen molar-refractivity contribution in [3.63, 3.8) is 0 Å². The van der Waals surface area contributed by atoms with Gasteiger partial charge in [0.25, 0.3) is 5.91 Å². The molecular weight excluding hydrogens is 334 g/mol. The minimum Gasteiger partial charge on any atom is -0.494 e. The second-order valence-corrected chi connectivity index (χ2v) is 6.80. The van der Waals surface area contributed by atoms with Gasteiger partial charge in [0, 0.05) is 6.04 Å². The molecule has 26 heavy (non-hydrogen) atoms. The zero-order chi connectivity index (χ0) is 18.9. The largest absolute Gasteiger partial charge is 0.494 e. The van der Waals surface area contributed by atoms with Crippen molar-refractivity contribution in [2.24, 2.45) is 11.8 Å². The molecule has 1 aliphatic carbocycles. The molecule has 0 radical (unpaired) electrons. The summed E-state index contributed by atoms with van der Waals surface area (Å²) >= 11 is 0. The van der Waals surface area contributed by atoms with E-state index in [1.807, 2.05) is 6.92 Å². The van der Waals surface area contributed by atoms with Crippen molar-refractivity contribution >= 4 is 11.9 Å². The van der Waals surface area contributed by atoms with Crippen molar-refractivity contribution in [2.75, 3.05) is 19.8 Å². The minimum atomic E-state index is -0.570. The highest BCUT2D eigenvalue weighted by molar-refractivity contribution is 5.81. The van der Waals surface area contributed by atoms with Crippen LogP contribution in [-0.2, 0) is 14.3 Å². The Bertz CT molecular complexity index is 586. The number of amides is 1. The Kier molecular flexibility index (Phi) is 7.75. The average molecular weight is 363 g/mol. The summed E-state index contributed by atoms with van der Waals surface area (Å²) in [5.41, 5.74) is 0. The van der Waals surface area contributed by atoms with Gasteiger partial charge in [-0.1, -0.05) is 26.7 Å². The first-order chi connectivity index (χ1) is 12.5. The van der Waals surface area contributed by atoms with Crippen LogP contribution in [0, 0.1) is 11.8 Å². The van der Waals surface area contributed by atoms with E-state index in [9.17, 15) is 9.59 Å². The molecule has 1 amide bonds. The number of carbonyl (C=O) groups excluding carboxylic acids is 2. The summed E-state index contributed by atoms with van der Waals surface area (Å²) in [7, 11) is 0. The Hall–Kier alpha value is -2.24. The van der Waals surface area contributed by atoms with Gasteiger partial charge in [-0.3, -0.25) is 4.79 Å². The molecule has 1 aromatic rings. The van der Waals surface area contributed by atoms with Crippen LogP contribution in [0.4, 0.5) is 0 Å². The number of hydrogen-bond donors (Lipinski definition) is 1. The normalized spacial score (nSPS) is 22.3. The number of ether oxygens (including phenoxy) is 3. The Balaban J connectivity index is 1.67. The van der Waals surface area contributed by atoms with Gasteiger partial charge in [0.1, 0.15) is 11.5 Å². The number of nitrogens with one attached hydrogen (secondary N) is 1. The van der Waals surface area contributed by atoms with Crippen LogP contribution in [0.15, 0.2) is 24.3 Å². The molecule has 0 spiro atoms. The zero-order valence-electron chi connectivity index (χ0n) is 15.8. The van der Waals surface area contributed by atoms with E-state index in [1.165, 1.54) is 6.42 Å². The average Bonchev–Trinajstić information content (AvgIpc) is 2.63. The smallest absolute Gasteiger partial charge is 0.344 e. The lowest BCUT2D eigenvalue weighted by molar-refractivity contribution is -0.150. The van der Waals surface area contributed by atoms with E-state index in [1.54, 1.807) is 24.3 Å². The molecule has 0 bridgehead atoms. The van der Waals surface area contributed by atoms with Gasteiger partial charge in [-0.15, -0.1) is 0 Å². The van der Waals surface area contributed by atoms with Crippen LogP contribution in [0.25, 0.3) is 0 Å². The van der Waals surface area contributed by atoms with Gasteiger partial charge in [0.15, 0.2) is 13.2 Å². The SMILES string of the molecule is CCOc1ccc(OCC(=O)OCC(=O)N[C@@H]2CCC[C@H](C)[C@@H]2C)cc1. The molecule has 144 valence electrons. The first-order valence-corrected chi connectivity index (χ1v) is 9.30. The predicted molar refractivity (Wildman–Crippen MR) is 98.2 cm³/mol. The fourth-order valence-corrected chi connectivity index (χ4v) is 3.16. The van der Waals surface area contributed by atoms with E-state index >= 15 is 0 Å². The highest BCUT2D eigenvalue weighted by Crippen LogP contribution is 2.29. The first-order valence-electron chi connectivity index (χ1n) is 9.30. The van der Waals surface area contributed by atoms with Crippen LogP contribution in [0.3, 0.4) is 0 Å². The predicted octanol–water partition coefficient (Wildman–Crippen LogP) is 2.95. The Morgan fingerprint density at radius 3 is 2.35 bits per heavy atom. The van der Waals surface area contributed by atoms with Gasteiger partial charge in [-0.05, 0) is 49.4 Å². The van der Waals surface area contributed by atoms with Gasteiger partial charge in [-0.25, -0.2) is 4.79 Å². The van der Waals surface area contributed by atoms with Crippen molar-refractivity contribution in [1.82, 2.24) is 5.32 Å². The molecular formula is C20H29NO5. The highest BCUT2D eigenvalue weighted by Gasteiger charge is 2.28. The molecule has 3 atom stereocenters. The number of rotatable bonds is 8. The lowest BCUT2D eigenvalue weighted by atomic mass is 9.78. The van der Waals surface area contributed by atoms with Crippen LogP contribution in [-0.4, -0.2) is 37.7 Å². The maximum absolute atomic E-state index is 12.0. The van der Waals surface area contributed by atoms with E-state index < -0.39 is 5.97 Å². The highest BCUT2D eigenvalue weighted by atomic mass is 16.6. The molecule has 0 aromatic heterocycles. The summed E-state index contributed by atoms with van der Waals surface area (Å²) in [6.07, 6.45) is 3.30. The van der Waals surface area contributed by atoms with E-state index in [0.29, 0.717) is 24.2 Å². The van der Waals surface area contributed by atoms with Gasteiger partial charge in [0.05, 0.1) is 6.61 Å². The number of carbonyl (C=O) groups is 2. The molecule has 1 fully saturated rings. The van der Waals surface area contributed by atoms with Crippen LogP contribution in [0.2, 0.25) is 0 Å². The molecule has 0 unspecified atom stereocenters. The maximum Gasteiger partial charge on any atom is 0.344 e. The lowest BCUT2D eigenvalue weighted by Crippen LogP contribution is -2.45. The van der Waals surface area contributed by atoms with Gasteiger partial charge < -0.3 is 19.5 Å². The van der Waals surface area contributed by atoms with Gasteiger partial charge in [-0.2, -0.15) is 0 Å². The minimum absolute atomic E-state index is 0.157. The van der Waals surface area contributed by atoms with Gasteiger partial charge in [0.2, 0.25) is 0 Å². The van der Waals surface area contributed by atoms with Gasteiger partial charge >= 0.3 is 5.97 Å². The van der Waals surface area contributed by atoms with Crippen molar-refractivity contribution in [3.05, 3.63) is 24.3 Å². The van der Waals surface area contributed by atoms with Crippen LogP contribution >= 0.6 is 0 Å². The van der Waals surface area contributed by atoms with Crippen molar-refractivity contribution < 1.29 is 23.8 Å². The molecule has 2 rings (SSSR count). The fourth-order valence-electron chi connectivity index (χ4n) is 3.16. The number of benzene rings is 1. The van der Waals surface area contributed by atoms with Crippen molar-refractivity contribution in [3.8, 4) is 11.5 Å². The molecule has 1 saturated carbocycles. The molecule has 0 aliphatic heterocycles. The van der Waals surface area contributed by atoms with Crippen LogP contribution in [0.5, 0.6) is 11.5 Å². The Morgan fingerprint density at radius 1 is 1.04 bits per heavy atom. The third kappa shape index (κ3) is 6.24. The lowest BCUT2D eigenvalue weighted by Gasteiger charge is -2.34. The molecule has 1 aliphatic rings. The Morgan fingerprint density at radius 2 is 1.69 bits per heavy atom. The van der Waals surface area contributed by atoms with Crippen LogP contribution in [0.1, 0.15) is 40.0 Å². The second-order valence-electron chi connectivity index (χ2n) is 6.80. The number of hydrogen-bond acceptors (Lipinski definition) is 5. The number of esters is 1. The van der Waals surface area contributed by atoms with Crippen molar-refractivity contribution in [2.45, 2.75) is 46.1 Å². The third-order valence-electron chi connectivity index (χ3n) is 4.91. The van der Waals surface area contributed by atoms with E-state index in [0.717, 1.165) is 18.6 Å². The third-order valence-corrected chi connectivity index (χ3v) is 4.91. The molecule has 6 heteroatoms. The van der Waals surface area contributed by atoms with Crippen molar-refractivity contribution in [1.29, 1.82) is 0 Å². The summed E-state index contributed by atoms with van der Waals surface area (Å²) in [5, 5.41) is 2.98. The summed E-state index contributed by atoms with van der Waals surface area (Å²) < 4.78 is 15.7. The topological polar surface area (TPSA) is 73.9 Å². The summed E-state index contributed by atoms with van der Waals surface area (Å²) in [5.74, 6) is 1.49. The van der Waals surface area contributed by atoms with Crippen LogP contribution < -0.4 is 14.8 Å². The molecule has 0 heterocycles. The summed E-state index contributed by atoms with van der Waals surface area (Å²) in [6.45, 7) is 6.35. The standard InChI is InChI=1S/C20H29NO5/c1-4-24-16-8-10-17(11-9-16)25-13-20(23)26-12-19(22)21-18-7-5-6-14(2)15(18)3/h8-11,14-15,18H,4-7,12-13H2,1-3H3,(H,21,22)/t14-,15-,18+/m0/s1. The Labute approximate surface area is 155 Å².